The first-order valence-electron chi connectivity index (χ1n) is 6.10. The largest absolute Gasteiger partial charge is 0.389 e. The second-order valence-corrected chi connectivity index (χ2v) is 5.27. The molecular formula is C13H17N3OS. The molecule has 1 fully saturated rings. The number of carbonyl (C=O) groups excluding carboxylic acids is 1. The summed E-state index contributed by atoms with van der Waals surface area (Å²) in [5.41, 5.74) is 6.89. The molecule has 0 aliphatic heterocycles. The molecule has 0 radical (unpaired) electrons. The van der Waals surface area contributed by atoms with Crippen LogP contribution in [0.2, 0.25) is 0 Å². The van der Waals surface area contributed by atoms with E-state index in [2.05, 4.69) is 17.2 Å². The van der Waals surface area contributed by atoms with E-state index in [0.717, 1.165) is 13.0 Å². The van der Waals surface area contributed by atoms with E-state index in [-0.39, 0.29) is 10.9 Å². The Morgan fingerprint density at radius 1 is 1.56 bits per heavy atom. The average Bonchev–Trinajstić information content (AvgIpc) is 3.17. The second kappa shape index (κ2) is 5.02. The zero-order valence-corrected chi connectivity index (χ0v) is 11.2. The molecule has 1 aliphatic carbocycles. The Bertz CT molecular complexity index is 466. The second-order valence-electron chi connectivity index (χ2n) is 4.83. The van der Waals surface area contributed by atoms with Gasteiger partial charge in [0.25, 0.3) is 5.91 Å². The van der Waals surface area contributed by atoms with E-state index in [0.29, 0.717) is 16.7 Å². The summed E-state index contributed by atoms with van der Waals surface area (Å²) in [4.78, 5) is 16.2. The number of carbonyl (C=O) groups is 1. The van der Waals surface area contributed by atoms with Crippen LogP contribution in [0.25, 0.3) is 0 Å². The lowest BCUT2D eigenvalue weighted by Gasteiger charge is -2.13. The third-order valence-electron chi connectivity index (χ3n) is 3.61. The lowest BCUT2D eigenvalue weighted by molar-refractivity contribution is 0.0939. The van der Waals surface area contributed by atoms with E-state index < -0.39 is 0 Å². The van der Waals surface area contributed by atoms with Crippen molar-refractivity contribution in [3.63, 3.8) is 0 Å². The lowest BCUT2D eigenvalue weighted by Crippen LogP contribution is -2.30. The van der Waals surface area contributed by atoms with Gasteiger partial charge in [-0.25, -0.2) is 0 Å². The zero-order chi connectivity index (χ0) is 13.2. The Labute approximate surface area is 112 Å². The molecule has 0 spiro atoms. The molecule has 1 amide bonds. The molecule has 1 heterocycles. The van der Waals surface area contributed by atoms with Crippen molar-refractivity contribution >= 4 is 23.1 Å². The fourth-order valence-electron chi connectivity index (χ4n) is 1.86. The van der Waals surface area contributed by atoms with Crippen LogP contribution >= 0.6 is 12.2 Å². The lowest BCUT2D eigenvalue weighted by atomic mass is 10.0. The molecule has 0 aromatic carbocycles. The maximum absolute atomic E-state index is 11.9. The monoisotopic (exact) mass is 263 g/mol. The molecular weight excluding hydrogens is 246 g/mol. The smallest absolute Gasteiger partial charge is 0.269 e. The fraction of sp³-hybridized carbons (Fsp3) is 0.462. The minimum atomic E-state index is -0.135. The van der Waals surface area contributed by atoms with Crippen molar-refractivity contribution < 1.29 is 4.79 Å². The van der Waals surface area contributed by atoms with Crippen LogP contribution in [0.5, 0.6) is 0 Å². The summed E-state index contributed by atoms with van der Waals surface area (Å²) in [6, 6.07) is 3.37. The van der Waals surface area contributed by atoms with Crippen LogP contribution in [0.1, 0.15) is 42.2 Å². The maximum atomic E-state index is 11.9. The zero-order valence-electron chi connectivity index (χ0n) is 10.4. The highest BCUT2D eigenvalue weighted by atomic mass is 32.1. The summed E-state index contributed by atoms with van der Waals surface area (Å²) in [6.07, 6.45) is 5.06. The van der Waals surface area contributed by atoms with Crippen molar-refractivity contribution in [2.75, 3.05) is 6.54 Å². The summed E-state index contributed by atoms with van der Waals surface area (Å²) < 4.78 is 0. The molecule has 1 aliphatic rings. The van der Waals surface area contributed by atoms with Crippen molar-refractivity contribution in [1.29, 1.82) is 0 Å². The van der Waals surface area contributed by atoms with Gasteiger partial charge < -0.3 is 11.1 Å². The van der Waals surface area contributed by atoms with Crippen LogP contribution < -0.4 is 11.1 Å². The Balaban J connectivity index is 1.94. The van der Waals surface area contributed by atoms with Crippen molar-refractivity contribution in [3.8, 4) is 0 Å². The van der Waals surface area contributed by atoms with Gasteiger partial charge in [0.15, 0.2) is 0 Å². The third kappa shape index (κ3) is 2.85. The predicted octanol–water partition coefficient (Wildman–Crippen LogP) is 1.64. The van der Waals surface area contributed by atoms with Gasteiger partial charge in [0.1, 0.15) is 10.7 Å². The van der Waals surface area contributed by atoms with Gasteiger partial charge in [0.2, 0.25) is 0 Å². The quantitative estimate of drug-likeness (QED) is 0.792. The van der Waals surface area contributed by atoms with E-state index in [1.807, 2.05) is 0 Å². The predicted molar refractivity (Wildman–Crippen MR) is 74.4 cm³/mol. The van der Waals surface area contributed by atoms with Crippen LogP contribution in [0.15, 0.2) is 18.3 Å². The molecule has 0 saturated heterocycles. The normalized spacial score (nSPS) is 16.1. The van der Waals surface area contributed by atoms with Gasteiger partial charge in [-0.3, -0.25) is 9.78 Å². The third-order valence-corrected chi connectivity index (χ3v) is 3.85. The molecule has 1 saturated carbocycles. The molecule has 0 atom stereocenters. The minimum Gasteiger partial charge on any atom is -0.389 e. The van der Waals surface area contributed by atoms with Crippen LogP contribution in [0.4, 0.5) is 0 Å². The number of hydrogen-bond acceptors (Lipinski definition) is 3. The van der Waals surface area contributed by atoms with E-state index >= 15 is 0 Å². The van der Waals surface area contributed by atoms with Crippen molar-refractivity contribution in [1.82, 2.24) is 10.3 Å². The summed E-state index contributed by atoms with van der Waals surface area (Å²) in [7, 11) is 0. The number of thiocarbonyl (C=S) groups is 1. The van der Waals surface area contributed by atoms with Crippen molar-refractivity contribution in [2.24, 2.45) is 11.1 Å². The number of nitrogens with zero attached hydrogens (tertiary/aromatic N) is 1. The SMILES string of the molecule is CCC1(CNC(=O)c2ccc(C(N)=S)cn2)CC1. The van der Waals surface area contributed by atoms with E-state index in [1.165, 1.54) is 19.0 Å². The average molecular weight is 263 g/mol. The van der Waals surface area contributed by atoms with Crippen LogP contribution in [-0.2, 0) is 0 Å². The van der Waals surface area contributed by atoms with Crippen LogP contribution in [0, 0.1) is 5.41 Å². The molecule has 0 bridgehead atoms. The topological polar surface area (TPSA) is 68.0 Å². The molecule has 18 heavy (non-hydrogen) atoms. The number of nitrogens with two attached hydrogens (primary N) is 1. The summed E-state index contributed by atoms with van der Waals surface area (Å²) in [6.45, 7) is 2.90. The minimum absolute atomic E-state index is 0.135. The number of pyridine rings is 1. The van der Waals surface area contributed by atoms with E-state index in [9.17, 15) is 4.79 Å². The molecule has 96 valence electrons. The molecule has 2 rings (SSSR count). The highest BCUT2D eigenvalue weighted by molar-refractivity contribution is 7.80. The summed E-state index contributed by atoms with van der Waals surface area (Å²) in [5, 5.41) is 2.94. The molecule has 1 aromatic rings. The Morgan fingerprint density at radius 2 is 2.28 bits per heavy atom. The number of hydrogen-bond donors (Lipinski definition) is 2. The number of amides is 1. The standard InChI is InChI=1S/C13H17N3OS/c1-2-13(5-6-13)8-16-12(17)10-4-3-9(7-15-10)11(14)18/h3-4,7H,2,5-6,8H2,1H3,(H2,14,18)(H,16,17). The fourth-order valence-corrected chi connectivity index (χ4v) is 1.99. The first-order valence-corrected chi connectivity index (χ1v) is 6.51. The molecule has 5 heteroatoms. The molecule has 3 N–H and O–H groups in total. The Hall–Kier alpha value is -1.49. The molecule has 1 aromatic heterocycles. The summed E-state index contributed by atoms with van der Waals surface area (Å²) >= 11 is 4.83. The van der Waals surface area contributed by atoms with Gasteiger partial charge in [0.05, 0.1) is 0 Å². The maximum Gasteiger partial charge on any atom is 0.269 e. The van der Waals surface area contributed by atoms with Gasteiger partial charge in [-0.05, 0) is 36.8 Å². The first kappa shape index (κ1) is 13.0. The van der Waals surface area contributed by atoms with Gasteiger partial charge >= 0.3 is 0 Å². The van der Waals surface area contributed by atoms with E-state index in [4.69, 9.17) is 18.0 Å². The van der Waals surface area contributed by atoms with Gasteiger partial charge in [0, 0.05) is 18.3 Å². The van der Waals surface area contributed by atoms with Gasteiger partial charge in [-0.1, -0.05) is 19.1 Å². The van der Waals surface area contributed by atoms with Crippen molar-refractivity contribution in [3.05, 3.63) is 29.6 Å². The van der Waals surface area contributed by atoms with Crippen LogP contribution in [0.3, 0.4) is 0 Å². The Morgan fingerprint density at radius 3 is 2.72 bits per heavy atom. The highest BCUT2D eigenvalue weighted by Crippen LogP contribution is 2.47. The van der Waals surface area contributed by atoms with Crippen LogP contribution in [-0.4, -0.2) is 22.4 Å². The Kier molecular flexibility index (Phi) is 3.61. The number of rotatable bonds is 5. The summed E-state index contributed by atoms with van der Waals surface area (Å²) in [5.74, 6) is -0.135. The molecule has 0 unspecified atom stereocenters. The van der Waals surface area contributed by atoms with Crippen molar-refractivity contribution in [2.45, 2.75) is 26.2 Å². The highest BCUT2D eigenvalue weighted by Gasteiger charge is 2.40. The number of nitrogens with one attached hydrogen (secondary N) is 1. The molecule has 4 nitrogen and oxygen atoms in total. The van der Waals surface area contributed by atoms with Gasteiger partial charge in [-0.2, -0.15) is 0 Å². The van der Waals surface area contributed by atoms with Gasteiger partial charge in [-0.15, -0.1) is 0 Å². The first-order chi connectivity index (χ1) is 8.56. The van der Waals surface area contributed by atoms with E-state index in [1.54, 1.807) is 12.1 Å². The number of aromatic nitrogens is 1.